The number of benzene rings is 6. The van der Waals surface area contributed by atoms with Crippen molar-refractivity contribution >= 4 is 39.9 Å². The summed E-state index contributed by atoms with van der Waals surface area (Å²) in [6.07, 6.45) is 13.2. The Kier molecular flexibility index (Phi) is 8.98. The molecule has 0 nitrogen and oxygen atoms in total. The number of allylic oxidation sites excluding steroid dienone is 9. The van der Waals surface area contributed by atoms with Crippen molar-refractivity contribution in [1.82, 2.24) is 0 Å². The fraction of sp³-hybridized carbons (Fsp3) is 0.115. The van der Waals surface area contributed by atoms with Gasteiger partial charge in [-0.15, -0.1) is 0 Å². The maximum atomic E-state index is 7.38. The molecule has 0 radical (unpaired) electrons. The first kappa shape index (κ1) is 34.4. The number of fused-ring (bicyclic) bond motifs is 2. The summed E-state index contributed by atoms with van der Waals surface area (Å²) in [6, 6.07) is 50.2. The van der Waals surface area contributed by atoms with Gasteiger partial charge in [0, 0.05) is 15.6 Å². The molecule has 6 aromatic rings. The Morgan fingerprint density at radius 3 is 1.87 bits per heavy atom. The van der Waals surface area contributed by atoms with Gasteiger partial charge >= 0.3 is 0 Å². The number of hydrogen-bond acceptors (Lipinski definition) is 0. The van der Waals surface area contributed by atoms with E-state index in [0.717, 1.165) is 63.6 Å². The topological polar surface area (TPSA) is 0 Å². The highest BCUT2D eigenvalue weighted by Gasteiger charge is 2.48. The second-order valence-corrected chi connectivity index (χ2v) is 15.5. The Bertz CT molecular complexity index is 2510. The van der Waals surface area contributed by atoms with E-state index in [0.29, 0.717) is 0 Å². The molecular formula is C52H40Cl2. The van der Waals surface area contributed by atoms with Crippen molar-refractivity contribution < 1.29 is 0 Å². The van der Waals surface area contributed by atoms with Gasteiger partial charge in [0.2, 0.25) is 0 Å². The van der Waals surface area contributed by atoms with Crippen molar-refractivity contribution in [3.8, 4) is 22.3 Å². The fourth-order valence-electron chi connectivity index (χ4n) is 8.98. The smallest absolute Gasteiger partial charge is 0.0710 e. The Morgan fingerprint density at radius 2 is 1.19 bits per heavy atom. The van der Waals surface area contributed by atoms with Crippen molar-refractivity contribution in [1.29, 1.82) is 0 Å². The molecule has 0 fully saturated rings. The van der Waals surface area contributed by atoms with Gasteiger partial charge in [0.15, 0.2) is 0 Å². The van der Waals surface area contributed by atoms with Crippen molar-refractivity contribution in [2.24, 2.45) is 0 Å². The molecule has 6 aromatic carbocycles. The minimum atomic E-state index is -0.461. The van der Waals surface area contributed by atoms with Gasteiger partial charge < -0.3 is 0 Å². The van der Waals surface area contributed by atoms with Crippen molar-refractivity contribution in [3.63, 3.8) is 0 Å². The van der Waals surface area contributed by atoms with Gasteiger partial charge in [-0.3, -0.25) is 0 Å². The van der Waals surface area contributed by atoms with Crippen LogP contribution in [-0.4, -0.2) is 0 Å². The molecule has 3 aliphatic carbocycles. The highest BCUT2D eigenvalue weighted by Crippen LogP contribution is 2.59. The maximum absolute atomic E-state index is 7.38. The van der Waals surface area contributed by atoms with Gasteiger partial charge in [-0.05, 0) is 146 Å². The summed E-state index contributed by atoms with van der Waals surface area (Å²) in [4.78, 5) is 0. The van der Waals surface area contributed by atoms with Crippen LogP contribution in [0.4, 0.5) is 0 Å². The lowest BCUT2D eigenvalue weighted by Gasteiger charge is -2.35. The molecule has 54 heavy (non-hydrogen) atoms. The van der Waals surface area contributed by atoms with Crippen LogP contribution in [0.3, 0.4) is 0 Å². The molecular weight excluding hydrogens is 695 g/mol. The van der Waals surface area contributed by atoms with E-state index < -0.39 is 5.41 Å². The van der Waals surface area contributed by atoms with Gasteiger partial charge in [0.25, 0.3) is 0 Å². The lowest BCUT2D eigenvalue weighted by molar-refractivity contribution is 0.757. The van der Waals surface area contributed by atoms with Crippen LogP contribution in [0.25, 0.3) is 39.0 Å². The number of rotatable bonds is 7. The summed E-state index contributed by atoms with van der Waals surface area (Å²) in [7, 11) is 0. The molecule has 0 bridgehead atoms. The molecule has 9 rings (SSSR count). The average molecular weight is 736 g/mol. The number of halogens is 2. The molecule has 0 spiro atoms. The molecule has 0 aromatic heterocycles. The second kappa shape index (κ2) is 14.1. The van der Waals surface area contributed by atoms with Crippen LogP contribution < -0.4 is 0 Å². The summed E-state index contributed by atoms with van der Waals surface area (Å²) in [5.74, 6) is 0. The highest BCUT2D eigenvalue weighted by atomic mass is 35.5. The van der Waals surface area contributed by atoms with Gasteiger partial charge in [-0.2, -0.15) is 0 Å². The maximum Gasteiger partial charge on any atom is 0.0710 e. The quantitative estimate of drug-likeness (QED) is 0.153. The molecule has 0 N–H and O–H groups in total. The largest absolute Gasteiger partial charge is 0.0905 e. The Balaban J connectivity index is 1.12. The third-order valence-electron chi connectivity index (χ3n) is 11.6. The summed E-state index contributed by atoms with van der Waals surface area (Å²) in [5.41, 5.74) is 19.0. The SMILES string of the molecule is C=C(C1=C(c2cc(-c3ccc(Cl)cc3)ccc2C)CCC=C1)c1ccc(-c2cc(Cl)c3c(c2)C(c2ccccc2)(c2ccccc2)C2=C3CCC=C2)cc1. The zero-order chi connectivity index (χ0) is 36.8. The van der Waals surface area contributed by atoms with E-state index in [4.69, 9.17) is 23.2 Å². The van der Waals surface area contributed by atoms with Crippen LogP contribution in [0.1, 0.15) is 64.6 Å². The first-order valence-corrected chi connectivity index (χ1v) is 19.6. The van der Waals surface area contributed by atoms with Crippen LogP contribution in [0, 0.1) is 6.92 Å². The van der Waals surface area contributed by atoms with E-state index in [1.165, 1.54) is 61.2 Å². The van der Waals surface area contributed by atoms with Crippen molar-refractivity contribution in [2.75, 3.05) is 0 Å². The van der Waals surface area contributed by atoms with Gasteiger partial charge in [0.05, 0.1) is 5.41 Å². The summed E-state index contributed by atoms with van der Waals surface area (Å²) < 4.78 is 0. The predicted molar refractivity (Wildman–Crippen MR) is 231 cm³/mol. The van der Waals surface area contributed by atoms with E-state index in [1.54, 1.807) is 0 Å². The van der Waals surface area contributed by atoms with Crippen molar-refractivity contribution in [3.05, 3.63) is 231 Å². The standard InChI is InChI=1S/C52H40Cl2/c1-34-21-22-39(37-27-29-43(53)30-28-37)31-47(34)45-18-10-9-17-44(45)35(2)36-23-25-38(26-24-36)40-32-49-51(50(54)33-40)46-19-11-12-20-48(46)52(49,41-13-5-3-6-14-41)42-15-7-4-8-16-42/h3-9,12-17,20-33H,2,10-11,18-19H2,1H3. The molecule has 0 heterocycles. The molecule has 0 saturated heterocycles. The molecule has 0 unspecified atom stereocenters. The molecule has 0 saturated carbocycles. The third kappa shape index (κ3) is 5.77. The van der Waals surface area contributed by atoms with E-state index in [2.05, 4.69) is 165 Å². The Hall–Kier alpha value is -5.40. The zero-order valence-corrected chi connectivity index (χ0v) is 31.9. The first-order valence-electron chi connectivity index (χ1n) is 18.9. The minimum Gasteiger partial charge on any atom is -0.0905 e. The van der Waals surface area contributed by atoms with E-state index >= 15 is 0 Å². The molecule has 0 atom stereocenters. The summed E-state index contributed by atoms with van der Waals surface area (Å²) >= 11 is 13.6. The van der Waals surface area contributed by atoms with Crippen LogP contribution in [0.2, 0.25) is 10.0 Å². The van der Waals surface area contributed by atoms with E-state index in [9.17, 15) is 0 Å². The lowest BCUT2D eigenvalue weighted by Crippen LogP contribution is -2.29. The fourth-order valence-corrected chi connectivity index (χ4v) is 9.44. The van der Waals surface area contributed by atoms with Gasteiger partial charge in [-0.1, -0.05) is 163 Å². The monoisotopic (exact) mass is 734 g/mol. The summed E-state index contributed by atoms with van der Waals surface area (Å²) in [6.45, 7) is 6.88. The van der Waals surface area contributed by atoms with Crippen LogP contribution in [0.5, 0.6) is 0 Å². The Labute approximate surface area is 329 Å². The minimum absolute atomic E-state index is 0.461. The number of hydrogen-bond donors (Lipinski definition) is 0. The average Bonchev–Trinajstić information content (AvgIpc) is 3.53. The molecule has 0 aliphatic heterocycles. The van der Waals surface area contributed by atoms with Gasteiger partial charge in [0.1, 0.15) is 0 Å². The highest BCUT2D eigenvalue weighted by molar-refractivity contribution is 6.33. The molecule has 3 aliphatic rings. The summed E-state index contributed by atoms with van der Waals surface area (Å²) in [5, 5.41) is 1.56. The molecule has 262 valence electrons. The van der Waals surface area contributed by atoms with Crippen LogP contribution in [-0.2, 0) is 5.41 Å². The lowest BCUT2D eigenvalue weighted by atomic mass is 9.66. The Morgan fingerprint density at radius 1 is 0.593 bits per heavy atom. The third-order valence-corrected chi connectivity index (χ3v) is 12.1. The second-order valence-electron chi connectivity index (χ2n) is 14.6. The predicted octanol–water partition coefficient (Wildman–Crippen LogP) is 14.9. The molecule has 2 heteroatoms. The zero-order valence-electron chi connectivity index (χ0n) is 30.4. The van der Waals surface area contributed by atoms with E-state index in [1.807, 2.05) is 12.1 Å². The van der Waals surface area contributed by atoms with Crippen LogP contribution >= 0.6 is 23.2 Å². The van der Waals surface area contributed by atoms with Gasteiger partial charge in [-0.25, -0.2) is 0 Å². The van der Waals surface area contributed by atoms with Crippen LogP contribution in [0.15, 0.2) is 182 Å². The first-order chi connectivity index (χ1) is 26.4. The normalized spacial score (nSPS) is 15.7. The van der Waals surface area contributed by atoms with Crippen molar-refractivity contribution in [2.45, 2.75) is 38.0 Å². The number of aryl methyl sites for hydroxylation is 1. The molecule has 0 amide bonds. The van der Waals surface area contributed by atoms with E-state index in [-0.39, 0.29) is 0 Å².